The summed E-state index contributed by atoms with van der Waals surface area (Å²) < 4.78 is 13.6. The molecular weight excluding hydrogens is 461 g/mol. The van der Waals surface area contributed by atoms with Gasteiger partial charge in [-0.1, -0.05) is 24.3 Å². The third kappa shape index (κ3) is 6.61. The highest BCUT2D eigenvalue weighted by molar-refractivity contribution is 7.00. The van der Waals surface area contributed by atoms with E-state index in [-0.39, 0.29) is 0 Å². The van der Waals surface area contributed by atoms with Crippen LogP contribution in [0.2, 0.25) is 65.5 Å². The zero-order chi connectivity index (χ0) is 24.5. The zero-order valence-corrected chi connectivity index (χ0v) is 25.2. The van der Waals surface area contributed by atoms with Crippen molar-refractivity contribution < 1.29 is 8.23 Å². The van der Waals surface area contributed by atoms with E-state index in [9.17, 15) is 10.5 Å². The first-order valence-corrected chi connectivity index (χ1v) is 23.6. The van der Waals surface area contributed by atoms with Gasteiger partial charge in [-0.2, -0.15) is 10.5 Å². The topological polar surface area (TPSA) is 66.0 Å². The highest BCUT2D eigenvalue weighted by Gasteiger charge is 2.40. The molecule has 0 radical (unpaired) electrons. The first kappa shape index (κ1) is 26.5. The Morgan fingerprint density at radius 2 is 1.00 bits per heavy atom. The van der Waals surface area contributed by atoms with Crippen molar-refractivity contribution in [1.29, 1.82) is 10.5 Å². The van der Waals surface area contributed by atoms with Crippen molar-refractivity contribution in [2.24, 2.45) is 0 Å². The van der Waals surface area contributed by atoms with Gasteiger partial charge in [-0.25, -0.2) is 0 Å². The molecule has 0 amide bonds. The molecule has 0 unspecified atom stereocenters. The average Bonchev–Trinajstić information content (AvgIpc) is 2.63. The predicted octanol–water partition coefficient (Wildman–Crippen LogP) is 5.62. The van der Waals surface area contributed by atoms with Crippen molar-refractivity contribution in [3.63, 3.8) is 0 Å². The van der Waals surface area contributed by atoms with Crippen LogP contribution in [0.5, 0.6) is 0 Å². The van der Waals surface area contributed by atoms with E-state index in [1.807, 2.05) is 12.1 Å². The van der Waals surface area contributed by atoms with Crippen molar-refractivity contribution in [3.8, 4) is 23.3 Å². The van der Waals surface area contributed by atoms with Crippen LogP contribution < -0.4 is 10.4 Å². The van der Waals surface area contributed by atoms with E-state index >= 15 is 0 Å². The van der Waals surface area contributed by atoms with Crippen LogP contribution in [-0.4, -0.2) is 33.3 Å². The molecule has 0 spiro atoms. The molecule has 0 fully saturated rings. The Morgan fingerprint density at radius 1 is 0.562 bits per heavy atom. The van der Waals surface area contributed by atoms with E-state index in [2.05, 4.69) is 95.8 Å². The second kappa shape index (κ2) is 9.22. The molecule has 0 heterocycles. The molecule has 170 valence electrons. The van der Waals surface area contributed by atoms with Gasteiger partial charge in [-0.3, -0.25) is 0 Å². The van der Waals surface area contributed by atoms with Gasteiger partial charge in [0.05, 0.1) is 11.1 Å². The number of rotatable bonds is 7. The van der Waals surface area contributed by atoms with Gasteiger partial charge in [0.2, 0.25) is 16.6 Å². The molecule has 0 N–H and O–H groups in total. The third-order valence-electron chi connectivity index (χ3n) is 5.03. The van der Waals surface area contributed by atoms with Crippen LogP contribution >= 0.6 is 0 Å². The van der Waals surface area contributed by atoms with E-state index in [0.29, 0.717) is 11.1 Å². The molecule has 0 bridgehead atoms. The molecule has 0 aliphatic heterocycles. The summed E-state index contributed by atoms with van der Waals surface area (Å²) in [6.45, 7) is 22.6. The van der Waals surface area contributed by atoms with Gasteiger partial charge < -0.3 is 8.23 Å². The minimum absolute atomic E-state index is 0.405. The lowest BCUT2D eigenvalue weighted by atomic mass is 10.0. The molecule has 0 aromatic heterocycles. The van der Waals surface area contributed by atoms with Crippen LogP contribution in [-0.2, 0) is 8.23 Å². The van der Waals surface area contributed by atoms with E-state index in [0.717, 1.165) is 11.1 Å². The van der Waals surface area contributed by atoms with Crippen LogP contribution in [0.1, 0.15) is 11.1 Å². The van der Waals surface area contributed by atoms with Crippen LogP contribution in [0.3, 0.4) is 0 Å². The summed E-state index contributed by atoms with van der Waals surface area (Å²) in [6, 6.07) is 16.3. The van der Waals surface area contributed by atoms with E-state index in [1.54, 1.807) is 6.07 Å². The molecule has 2 aromatic carbocycles. The van der Waals surface area contributed by atoms with Crippen LogP contribution in [0.4, 0.5) is 0 Å². The monoisotopic (exact) mass is 496 g/mol. The Kier molecular flexibility index (Phi) is 7.62. The number of nitrogens with zero attached hydrogens (tertiary/aromatic N) is 2. The van der Waals surface area contributed by atoms with E-state index in [4.69, 9.17) is 8.23 Å². The molecule has 0 saturated heterocycles. The zero-order valence-electron chi connectivity index (χ0n) is 21.2. The fraction of sp³-hybridized carbons (Fsp3) is 0.417. The molecule has 4 nitrogen and oxygen atoms in total. The van der Waals surface area contributed by atoms with Crippen molar-refractivity contribution in [2.45, 2.75) is 65.5 Å². The number of nitriles is 2. The molecule has 0 atom stereocenters. The van der Waals surface area contributed by atoms with Gasteiger partial charge in [-0.15, -0.1) is 0 Å². The van der Waals surface area contributed by atoms with Crippen LogP contribution in [0, 0.1) is 22.7 Å². The van der Waals surface area contributed by atoms with Crippen LogP contribution in [0.25, 0.3) is 11.1 Å². The Labute approximate surface area is 198 Å². The first-order valence-electron chi connectivity index (χ1n) is 11.0. The maximum absolute atomic E-state index is 9.47. The normalized spacial score (nSPS) is 12.9. The molecule has 0 aliphatic rings. The quantitative estimate of drug-likeness (QED) is 0.466. The standard InChI is InChI=1S/C24H36N2O2Si4/c1-29(2,3)27-31(7,8)23-14-13-20(16-24(23)32(9,10)28-30(4,5)6)19-11-12-21(17-25)22(15-19)18-26/h11-16H,1-10H3. The van der Waals surface area contributed by atoms with Gasteiger partial charge in [0.1, 0.15) is 12.1 Å². The number of hydrogen-bond donors (Lipinski definition) is 0. The predicted molar refractivity (Wildman–Crippen MR) is 144 cm³/mol. The maximum atomic E-state index is 9.47. The van der Waals surface area contributed by atoms with Crippen molar-refractivity contribution in [3.05, 3.63) is 47.5 Å². The van der Waals surface area contributed by atoms with Gasteiger partial charge in [-0.05, 0) is 99.1 Å². The van der Waals surface area contributed by atoms with Gasteiger partial charge >= 0.3 is 0 Å². The highest BCUT2D eigenvalue weighted by Crippen LogP contribution is 2.25. The van der Waals surface area contributed by atoms with Crippen molar-refractivity contribution >= 4 is 43.6 Å². The molecular formula is C24H36N2O2Si4. The van der Waals surface area contributed by atoms with Crippen LogP contribution in [0.15, 0.2) is 36.4 Å². The van der Waals surface area contributed by atoms with Gasteiger partial charge in [0.15, 0.2) is 16.6 Å². The minimum atomic E-state index is -2.23. The molecule has 0 aliphatic carbocycles. The van der Waals surface area contributed by atoms with Gasteiger partial charge in [0.25, 0.3) is 0 Å². The summed E-state index contributed by atoms with van der Waals surface area (Å²) in [6.07, 6.45) is 0. The van der Waals surface area contributed by atoms with E-state index < -0.39 is 33.3 Å². The molecule has 8 heteroatoms. The molecule has 0 saturated carbocycles. The second-order valence-corrected chi connectivity index (χ2v) is 28.4. The smallest absolute Gasteiger partial charge is 0.205 e. The summed E-state index contributed by atoms with van der Waals surface area (Å²) in [5, 5.41) is 21.3. The van der Waals surface area contributed by atoms with Crippen molar-refractivity contribution in [2.75, 3.05) is 0 Å². The average molecular weight is 497 g/mol. The fourth-order valence-corrected chi connectivity index (χ4v) is 21.7. The maximum Gasteiger partial charge on any atom is 0.205 e. The third-order valence-corrected chi connectivity index (χ3v) is 17.7. The first-order chi connectivity index (χ1) is 14.5. The van der Waals surface area contributed by atoms with E-state index in [1.165, 1.54) is 10.4 Å². The summed E-state index contributed by atoms with van der Waals surface area (Å²) >= 11 is 0. The lowest BCUT2D eigenvalue weighted by Crippen LogP contribution is -2.64. The Morgan fingerprint density at radius 3 is 1.47 bits per heavy atom. The van der Waals surface area contributed by atoms with Gasteiger partial charge in [0, 0.05) is 0 Å². The summed E-state index contributed by atoms with van der Waals surface area (Å²) in [7, 11) is -7.89. The fourth-order valence-electron chi connectivity index (χ4n) is 4.30. The van der Waals surface area contributed by atoms with Crippen molar-refractivity contribution in [1.82, 2.24) is 0 Å². The Hall–Kier alpha value is -1.79. The summed E-state index contributed by atoms with van der Waals surface area (Å²) in [4.78, 5) is 0. The Bertz CT molecular complexity index is 1090. The Balaban J connectivity index is 2.73. The minimum Gasteiger partial charge on any atom is -0.452 e. The lowest BCUT2D eigenvalue weighted by molar-refractivity contribution is 0.561. The summed E-state index contributed by atoms with van der Waals surface area (Å²) in [5.41, 5.74) is 2.79. The highest BCUT2D eigenvalue weighted by atomic mass is 28.4. The molecule has 2 aromatic rings. The summed E-state index contributed by atoms with van der Waals surface area (Å²) in [5.74, 6) is 0. The largest absolute Gasteiger partial charge is 0.452 e. The number of hydrogen-bond acceptors (Lipinski definition) is 4. The second-order valence-electron chi connectivity index (χ2n) is 11.2. The SMILES string of the molecule is C[Si](C)(C)O[Si](C)(C)c1ccc(-c2ccc(C#N)c(C#N)c2)cc1[Si](C)(C)O[Si](C)(C)C. The molecule has 32 heavy (non-hydrogen) atoms. The molecule has 2 rings (SSSR count). The lowest BCUT2D eigenvalue weighted by Gasteiger charge is -2.38. The number of benzene rings is 2.